The molecule has 2 amide bonds. The van der Waals surface area contributed by atoms with Crippen LogP contribution in [0, 0.1) is 0 Å². The molecule has 0 spiro atoms. The maximum atomic E-state index is 12.3. The summed E-state index contributed by atoms with van der Waals surface area (Å²) in [6.45, 7) is 8.39. The van der Waals surface area contributed by atoms with Gasteiger partial charge in [0.05, 0.1) is 11.3 Å². The minimum atomic E-state index is -0.562. The molecule has 0 heterocycles. The SMILES string of the molecule is CCN(CC)C(=O)COC(=O)c1ccccc1SCC(=O)NC(C)C. The van der Waals surface area contributed by atoms with Crippen LogP contribution in [0.4, 0.5) is 0 Å². The van der Waals surface area contributed by atoms with Crippen LogP contribution < -0.4 is 5.32 Å². The van der Waals surface area contributed by atoms with Crippen LogP contribution in [-0.2, 0) is 14.3 Å². The summed E-state index contributed by atoms with van der Waals surface area (Å²) in [7, 11) is 0. The average Bonchev–Trinajstić information content (AvgIpc) is 2.58. The number of hydrogen-bond acceptors (Lipinski definition) is 5. The Kier molecular flexibility index (Phi) is 9.05. The molecule has 0 aromatic heterocycles. The van der Waals surface area contributed by atoms with Crippen molar-refractivity contribution in [3.05, 3.63) is 29.8 Å². The van der Waals surface area contributed by atoms with Crippen molar-refractivity contribution >= 4 is 29.5 Å². The Morgan fingerprint density at radius 3 is 2.40 bits per heavy atom. The molecule has 25 heavy (non-hydrogen) atoms. The van der Waals surface area contributed by atoms with Gasteiger partial charge in [-0.1, -0.05) is 12.1 Å². The van der Waals surface area contributed by atoms with Crippen LogP contribution in [0.2, 0.25) is 0 Å². The van der Waals surface area contributed by atoms with E-state index in [0.717, 1.165) is 0 Å². The third-order valence-corrected chi connectivity index (χ3v) is 4.43. The van der Waals surface area contributed by atoms with E-state index in [4.69, 9.17) is 4.74 Å². The van der Waals surface area contributed by atoms with Gasteiger partial charge in [0.1, 0.15) is 0 Å². The first-order valence-electron chi connectivity index (χ1n) is 8.35. The van der Waals surface area contributed by atoms with E-state index < -0.39 is 5.97 Å². The average molecular weight is 366 g/mol. The van der Waals surface area contributed by atoms with E-state index in [0.29, 0.717) is 23.5 Å². The zero-order chi connectivity index (χ0) is 18.8. The van der Waals surface area contributed by atoms with Gasteiger partial charge in [-0.15, -0.1) is 11.8 Å². The van der Waals surface area contributed by atoms with Gasteiger partial charge in [-0.25, -0.2) is 4.79 Å². The molecule has 0 unspecified atom stereocenters. The van der Waals surface area contributed by atoms with Crippen LogP contribution in [0.1, 0.15) is 38.1 Å². The van der Waals surface area contributed by atoms with Crippen LogP contribution in [-0.4, -0.2) is 54.2 Å². The molecule has 1 N–H and O–H groups in total. The molecule has 6 nitrogen and oxygen atoms in total. The lowest BCUT2D eigenvalue weighted by molar-refractivity contribution is -0.134. The van der Waals surface area contributed by atoms with Gasteiger partial charge in [-0.3, -0.25) is 9.59 Å². The summed E-state index contributed by atoms with van der Waals surface area (Å²) in [4.78, 5) is 38.2. The number of ether oxygens (including phenoxy) is 1. The summed E-state index contributed by atoms with van der Waals surface area (Å²) in [5, 5.41) is 2.80. The van der Waals surface area contributed by atoms with E-state index >= 15 is 0 Å². The van der Waals surface area contributed by atoms with E-state index in [9.17, 15) is 14.4 Å². The number of carbonyl (C=O) groups is 3. The Morgan fingerprint density at radius 1 is 1.16 bits per heavy atom. The highest BCUT2D eigenvalue weighted by Crippen LogP contribution is 2.23. The number of hydrogen-bond donors (Lipinski definition) is 1. The Bertz CT molecular complexity index is 600. The highest BCUT2D eigenvalue weighted by Gasteiger charge is 2.17. The van der Waals surface area contributed by atoms with Crippen molar-refractivity contribution in [1.82, 2.24) is 10.2 Å². The first-order valence-corrected chi connectivity index (χ1v) is 9.33. The van der Waals surface area contributed by atoms with Gasteiger partial charge in [0.15, 0.2) is 6.61 Å². The molecule has 0 radical (unpaired) electrons. The monoisotopic (exact) mass is 366 g/mol. The predicted octanol–water partition coefficient (Wildman–Crippen LogP) is 2.33. The molecule has 138 valence electrons. The van der Waals surface area contributed by atoms with E-state index in [-0.39, 0.29) is 30.2 Å². The smallest absolute Gasteiger partial charge is 0.339 e. The van der Waals surface area contributed by atoms with Gasteiger partial charge < -0.3 is 15.0 Å². The number of benzene rings is 1. The van der Waals surface area contributed by atoms with Crippen molar-refractivity contribution in [3.8, 4) is 0 Å². The number of thioether (sulfide) groups is 1. The molecule has 0 aliphatic rings. The summed E-state index contributed by atoms with van der Waals surface area (Å²) >= 11 is 1.27. The molecule has 1 aromatic rings. The largest absolute Gasteiger partial charge is 0.452 e. The maximum absolute atomic E-state index is 12.3. The predicted molar refractivity (Wildman–Crippen MR) is 98.7 cm³/mol. The second-order valence-corrected chi connectivity index (χ2v) is 6.67. The molecule has 0 saturated carbocycles. The second-order valence-electron chi connectivity index (χ2n) is 5.65. The number of rotatable bonds is 9. The lowest BCUT2D eigenvalue weighted by Gasteiger charge is -2.18. The Balaban J connectivity index is 2.67. The molecule has 0 saturated heterocycles. The maximum Gasteiger partial charge on any atom is 0.339 e. The number of nitrogens with zero attached hydrogens (tertiary/aromatic N) is 1. The zero-order valence-corrected chi connectivity index (χ0v) is 16.0. The fraction of sp³-hybridized carbons (Fsp3) is 0.500. The molecule has 1 rings (SSSR count). The number of amides is 2. The van der Waals surface area contributed by atoms with Crippen LogP contribution >= 0.6 is 11.8 Å². The Labute approximate surface area is 153 Å². The fourth-order valence-corrected chi connectivity index (χ4v) is 2.99. The zero-order valence-electron chi connectivity index (χ0n) is 15.2. The van der Waals surface area contributed by atoms with Crippen molar-refractivity contribution in [2.45, 2.75) is 38.6 Å². The van der Waals surface area contributed by atoms with Gasteiger partial charge in [0, 0.05) is 24.0 Å². The number of nitrogens with one attached hydrogen (secondary N) is 1. The van der Waals surface area contributed by atoms with Crippen LogP contribution in [0.3, 0.4) is 0 Å². The number of carbonyl (C=O) groups excluding carboxylic acids is 3. The first kappa shape index (κ1) is 21.0. The number of likely N-dealkylation sites (N-methyl/N-ethyl adjacent to an activating group) is 1. The molecule has 0 aliphatic carbocycles. The van der Waals surface area contributed by atoms with E-state index in [2.05, 4.69) is 5.32 Å². The second kappa shape index (κ2) is 10.8. The quantitative estimate of drug-likeness (QED) is 0.536. The minimum absolute atomic E-state index is 0.0689. The van der Waals surface area contributed by atoms with Crippen molar-refractivity contribution in [2.75, 3.05) is 25.4 Å². The van der Waals surface area contributed by atoms with E-state index in [1.165, 1.54) is 11.8 Å². The summed E-state index contributed by atoms with van der Waals surface area (Å²) in [6.07, 6.45) is 0. The van der Waals surface area contributed by atoms with Crippen molar-refractivity contribution < 1.29 is 19.1 Å². The Morgan fingerprint density at radius 2 is 1.80 bits per heavy atom. The molecule has 0 fully saturated rings. The lowest BCUT2D eigenvalue weighted by atomic mass is 10.2. The van der Waals surface area contributed by atoms with Crippen LogP contribution in [0.5, 0.6) is 0 Å². The standard InChI is InChI=1S/C18H26N2O4S/c1-5-20(6-2)17(22)11-24-18(23)14-9-7-8-10-15(14)25-12-16(21)19-13(3)4/h7-10,13H,5-6,11-12H2,1-4H3,(H,19,21). The highest BCUT2D eigenvalue weighted by atomic mass is 32.2. The van der Waals surface area contributed by atoms with Crippen LogP contribution in [0.15, 0.2) is 29.2 Å². The highest BCUT2D eigenvalue weighted by molar-refractivity contribution is 8.00. The summed E-state index contributed by atoms with van der Waals surface area (Å²) in [6, 6.07) is 6.98. The Hall–Kier alpha value is -2.02. The van der Waals surface area contributed by atoms with Crippen molar-refractivity contribution in [1.29, 1.82) is 0 Å². The molecule has 0 aliphatic heterocycles. The fourth-order valence-electron chi connectivity index (χ4n) is 2.14. The van der Waals surface area contributed by atoms with E-state index in [1.54, 1.807) is 29.2 Å². The van der Waals surface area contributed by atoms with Gasteiger partial charge in [-0.2, -0.15) is 0 Å². The minimum Gasteiger partial charge on any atom is -0.452 e. The topological polar surface area (TPSA) is 75.7 Å². The molecule has 7 heteroatoms. The first-order chi connectivity index (χ1) is 11.9. The molecule has 0 bridgehead atoms. The lowest BCUT2D eigenvalue weighted by Crippen LogP contribution is -2.34. The third kappa shape index (κ3) is 7.17. The normalized spacial score (nSPS) is 10.4. The van der Waals surface area contributed by atoms with Gasteiger partial charge >= 0.3 is 5.97 Å². The van der Waals surface area contributed by atoms with Gasteiger partial charge in [0.25, 0.3) is 5.91 Å². The molecular formula is C18H26N2O4S. The van der Waals surface area contributed by atoms with E-state index in [1.807, 2.05) is 27.7 Å². The van der Waals surface area contributed by atoms with Crippen molar-refractivity contribution in [2.24, 2.45) is 0 Å². The third-order valence-electron chi connectivity index (χ3n) is 3.36. The summed E-state index contributed by atoms with van der Waals surface area (Å²) < 4.78 is 5.14. The summed E-state index contributed by atoms with van der Waals surface area (Å²) in [5.41, 5.74) is 0.359. The van der Waals surface area contributed by atoms with Crippen molar-refractivity contribution in [3.63, 3.8) is 0 Å². The van der Waals surface area contributed by atoms with Gasteiger partial charge in [0.2, 0.25) is 5.91 Å². The van der Waals surface area contributed by atoms with Gasteiger partial charge in [-0.05, 0) is 39.8 Å². The number of esters is 1. The van der Waals surface area contributed by atoms with Crippen LogP contribution in [0.25, 0.3) is 0 Å². The molecule has 1 aromatic carbocycles. The summed E-state index contributed by atoms with van der Waals surface area (Å²) in [5.74, 6) is -0.673. The molecule has 0 atom stereocenters. The molecular weight excluding hydrogens is 340 g/mol.